The number of carbonyl (C=O) groups is 4. The number of nitrogens with two attached hydrogens (primary N) is 2. The highest BCUT2D eigenvalue weighted by molar-refractivity contribution is 7.53. The van der Waals surface area contributed by atoms with Crippen LogP contribution in [0.1, 0.15) is 103 Å². The normalized spacial score (nSPS) is 15.9. The van der Waals surface area contributed by atoms with Crippen LogP contribution in [0, 0.1) is 6.92 Å². The summed E-state index contributed by atoms with van der Waals surface area (Å²) in [6, 6.07) is 13.4. The number of hydrogen-bond acceptors (Lipinski definition) is 8. The quantitative estimate of drug-likeness (QED) is 0.0871. The summed E-state index contributed by atoms with van der Waals surface area (Å²) in [6.07, 6.45) is 5.48. The number of aromatic nitrogens is 1. The van der Waals surface area contributed by atoms with Crippen LogP contribution in [0.25, 0.3) is 10.9 Å². The second-order valence-electron chi connectivity index (χ2n) is 16.8. The minimum Gasteiger partial charge on any atom is -0.370 e. The fraction of sp³-hybridized carbons (Fsp3) is 0.561. The Hall–Kier alpha value is -4.03. The third-order valence-corrected chi connectivity index (χ3v) is 11.8. The van der Waals surface area contributed by atoms with Gasteiger partial charge in [-0.2, -0.15) is 0 Å². The van der Waals surface area contributed by atoms with Crippen molar-refractivity contribution in [3.8, 4) is 0 Å². The van der Waals surface area contributed by atoms with Crippen molar-refractivity contribution in [1.29, 1.82) is 0 Å². The number of primary amides is 1. The van der Waals surface area contributed by atoms with Crippen LogP contribution in [-0.2, 0) is 51.9 Å². The molecule has 0 saturated heterocycles. The number of amides is 4. The lowest BCUT2D eigenvalue weighted by atomic mass is 9.80. The molecule has 3 aromatic rings. The Labute approximate surface area is 325 Å². The Balaban J connectivity index is 1.36. The van der Waals surface area contributed by atoms with Gasteiger partial charge in [-0.05, 0) is 109 Å². The monoisotopic (exact) mass is 780 g/mol. The first-order valence-electron chi connectivity index (χ1n) is 19.2. The van der Waals surface area contributed by atoms with Crippen LogP contribution in [0.3, 0.4) is 0 Å². The van der Waals surface area contributed by atoms with E-state index in [1.807, 2.05) is 78.9 Å². The lowest BCUT2D eigenvalue weighted by Gasteiger charge is -2.38. The largest absolute Gasteiger partial charge is 0.370 e. The van der Waals surface area contributed by atoms with E-state index in [0.717, 1.165) is 28.5 Å². The van der Waals surface area contributed by atoms with Crippen LogP contribution >= 0.6 is 7.60 Å². The summed E-state index contributed by atoms with van der Waals surface area (Å²) in [5.41, 5.74) is 13.0. The minimum absolute atomic E-state index is 0.0751. The van der Waals surface area contributed by atoms with Crippen molar-refractivity contribution < 1.29 is 32.8 Å². The van der Waals surface area contributed by atoms with Gasteiger partial charge in [0.1, 0.15) is 11.6 Å². The lowest BCUT2D eigenvalue weighted by Crippen LogP contribution is -2.64. The molecule has 2 atom stereocenters. The molecule has 0 bridgehead atoms. The molecule has 1 heterocycles. The Morgan fingerprint density at radius 2 is 1.51 bits per heavy atom. The van der Waals surface area contributed by atoms with Crippen LogP contribution < -0.4 is 27.4 Å². The van der Waals surface area contributed by atoms with E-state index < -0.39 is 66.5 Å². The molecule has 1 saturated carbocycles. The molecule has 1 aliphatic carbocycles. The van der Waals surface area contributed by atoms with Crippen LogP contribution in [-0.4, -0.2) is 63.6 Å². The fourth-order valence-corrected chi connectivity index (χ4v) is 9.46. The van der Waals surface area contributed by atoms with E-state index >= 15 is 0 Å². The molecule has 4 rings (SSSR count). The fourth-order valence-electron chi connectivity index (χ4n) is 6.97. The van der Waals surface area contributed by atoms with Crippen LogP contribution in [0.2, 0.25) is 0 Å². The second kappa shape index (κ2) is 18.3. The van der Waals surface area contributed by atoms with Gasteiger partial charge in [0.25, 0.3) is 0 Å². The molecule has 1 aliphatic rings. The Bertz CT molecular complexity index is 1830. The predicted molar refractivity (Wildman–Crippen MR) is 215 cm³/mol. The molecule has 13 nitrogen and oxygen atoms in total. The van der Waals surface area contributed by atoms with Crippen molar-refractivity contribution in [3.63, 3.8) is 0 Å². The van der Waals surface area contributed by atoms with Gasteiger partial charge in [-0.25, -0.2) is 0 Å². The number of nitrogens with one attached hydrogen (secondary N) is 3. The molecular formula is C41H61N6O7P. The molecule has 1 aromatic heterocycles. The van der Waals surface area contributed by atoms with Gasteiger partial charge in [-0.3, -0.25) is 23.7 Å². The van der Waals surface area contributed by atoms with E-state index in [1.165, 1.54) is 5.56 Å². The van der Waals surface area contributed by atoms with E-state index in [2.05, 4.69) is 44.8 Å². The van der Waals surface area contributed by atoms with Gasteiger partial charge >= 0.3 is 7.60 Å². The maximum Gasteiger partial charge on any atom is 0.336 e. The highest BCUT2D eigenvalue weighted by Gasteiger charge is 2.43. The third-order valence-electron chi connectivity index (χ3n) is 9.35. The number of aryl methyl sites for hydroxylation is 2. The summed E-state index contributed by atoms with van der Waals surface area (Å²) in [4.78, 5) is 52.8. The van der Waals surface area contributed by atoms with Crippen molar-refractivity contribution in [3.05, 3.63) is 71.4 Å². The molecule has 302 valence electrons. The van der Waals surface area contributed by atoms with Gasteiger partial charge in [-0.1, -0.05) is 55.2 Å². The number of rotatable bonds is 17. The van der Waals surface area contributed by atoms with Gasteiger partial charge in [0, 0.05) is 24.8 Å². The molecule has 1 fully saturated rings. The SMILES string of the molecule is Cc1ccc2c(ccn2CCCNC(=O)[C@H](CC(N)=O)NC(=O)C2(NC(=O)[C@@H](N)Cc3ccc(CP(=O)(OC(C)(C)C)OC(C)(C)C)cc3)CCCCC2)c1. The number of fused-ring (bicyclic) bond motifs is 1. The topological polar surface area (TPSA) is 197 Å². The van der Waals surface area contributed by atoms with Gasteiger partial charge in [-0.15, -0.1) is 0 Å². The summed E-state index contributed by atoms with van der Waals surface area (Å²) >= 11 is 0. The molecule has 2 aromatic carbocycles. The number of nitrogens with zero attached hydrogens (tertiary/aromatic N) is 1. The maximum atomic E-state index is 13.9. The van der Waals surface area contributed by atoms with Crippen molar-refractivity contribution in [2.75, 3.05) is 6.54 Å². The predicted octanol–water partition coefficient (Wildman–Crippen LogP) is 5.53. The smallest absolute Gasteiger partial charge is 0.336 e. The summed E-state index contributed by atoms with van der Waals surface area (Å²) in [5, 5.41) is 9.64. The van der Waals surface area contributed by atoms with E-state index in [-0.39, 0.29) is 12.6 Å². The van der Waals surface area contributed by atoms with Crippen LogP contribution in [0.4, 0.5) is 0 Å². The molecule has 4 amide bonds. The average Bonchev–Trinajstić information content (AvgIpc) is 3.47. The van der Waals surface area contributed by atoms with Gasteiger partial charge in [0.05, 0.1) is 29.8 Å². The standard InChI is InChI=1S/C41H61N6O7P/c1-28-12-17-34-31(24-28)18-23-47(34)22-11-21-44-37(50)33(26-35(43)48)45-38(51)41(19-9-8-10-20-41)46-36(49)32(42)25-29-13-15-30(16-14-29)27-55(52,53-39(2,3)4)54-40(5,6)7/h12-18,23-24,32-33H,8-11,19-22,25-27,42H2,1-7H3,(H2,43,48)(H,44,50)(H,45,51)(H,46,49)/t32-,33-/m0/s1. The molecule has 55 heavy (non-hydrogen) atoms. The molecule has 0 radical (unpaired) electrons. The minimum atomic E-state index is -3.51. The van der Waals surface area contributed by atoms with Crippen LogP contribution in [0.5, 0.6) is 0 Å². The maximum absolute atomic E-state index is 13.9. The first kappa shape index (κ1) is 43.7. The first-order chi connectivity index (χ1) is 25.7. The summed E-state index contributed by atoms with van der Waals surface area (Å²) in [5.74, 6) is -2.32. The van der Waals surface area contributed by atoms with E-state index in [0.29, 0.717) is 45.2 Å². The van der Waals surface area contributed by atoms with Crippen molar-refractivity contribution in [2.24, 2.45) is 11.5 Å². The Morgan fingerprint density at radius 1 is 0.891 bits per heavy atom. The zero-order valence-electron chi connectivity index (χ0n) is 33.5. The van der Waals surface area contributed by atoms with E-state index in [9.17, 15) is 23.7 Å². The average molecular weight is 781 g/mol. The van der Waals surface area contributed by atoms with Crippen molar-refractivity contribution in [1.82, 2.24) is 20.5 Å². The van der Waals surface area contributed by atoms with Crippen molar-refractivity contribution in [2.45, 2.75) is 141 Å². The number of benzene rings is 2. The van der Waals surface area contributed by atoms with Gasteiger partial charge < -0.3 is 41.0 Å². The molecule has 7 N–H and O–H groups in total. The Morgan fingerprint density at radius 3 is 2.11 bits per heavy atom. The molecule has 0 aliphatic heterocycles. The van der Waals surface area contributed by atoms with Gasteiger partial charge in [0.15, 0.2) is 0 Å². The lowest BCUT2D eigenvalue weighted by molar-refractivity contribution is -0.138. The zero-order chi connectivity index (χ0) is 40.6. The van der Waals surface area contributed by atoms with Crippen molar-refractivity contribution >= 4 is 42.1 Å². The molecular weight excluding hydrogens is 719 g/mol. The second-order valence-corrected chi connectivity index (χ2v) is 18.8. The molecule has 14 heteroatoms. The van der Waals surface area contributed by atoms with E-state index in [4.69, 9.17) is 20.5 Å². The Kier molecular flexibility index (Phi) is 14.5. The van der Waals surface area contributed by atoms with Gasteiger partial charge in [0.2, 0.25) is 23.6 Å². The van der Waals surface area contributed by atoms with Crippen LogP contribution in [0.15, 0.2) is 54.7 Å². The molecule has 0 spiro atoms. The first-order valence-corrected chi connectivity index (χ1v) is 21.0. The highest BCUT2D eigenvalue weighted by atomic mass is 31.2. The number of carbonyl (C=O) groups excluding carboxylic acids is 4. The third kappa shape index (κ3) is 13.3. The number of hydrogen-bond donors (Lipinski definition) is 5. The zero-order valence-corrected chi connectivity index (χ0v) is 34.4. The van der Waals surface area contributed by atoms with E-state index in [1.54, 1.807) is 0 Å². The molecule has 0 unspecified atom stereocenters. The summed E-state index contributed by atoms with van der Waals surface area (Å²) < 4.78 is 27.7. The highest BCUT2D eigenvalue weighted by Crippen LogP contribution is 2.56. The summed E-state index contributed by atoms with van der Waals surface area (Å²) in [7, 11) is -3.51. The summed E-state index contributed by atoms with van der Waals surface area (Å²) in [6.45, 7) is 14.0.